The summed E-state index contributed by atoms with van der Waals surface area (Å²) in [7, 11) is 0. The maximum Gasteiger partial charge on any atom is 0.343 e. The number of halogens is 2. The van der Waals surface area contributed by atoms with Crippen molar-refractivity contribution in [2.45, 2.75) is 69.0 Å². The van der Waals surface area contributed by atoms with Crippen LogP contribution in [-0.2, 0) is 14.3 Å². The summed E-state index contributed by atoms with van der Waals surface area (Å²) in [6.45, 7) is 6.41. The Morgan fingerprint density at radius 1 is 1.13 bits per heavy atom. The van der Waals surface area contributed by atoms with Crippen LogP contribution in [0.3, 0.4) is 0 Å². The van der Waals surface area contributed by atoms with Crippen molar-refractivity contribution in [1.82, 2.24) is 0 Å². The van der Waals surface area contributed by atoms with Gasteiger partial charge in [0, 0.05) is 34.1 Å². The van der Waals surface area contributed by atoms with E-state index in [4.69, 9.17) is 19.9 Å². The summed E-state index contributed by atoms with van der Waals surface area (Å²) in [5, 5.41) is 21.9. The fraction of sp³-hybridized carbons (Fsp3) is 0.444. The zero-order valence-electron chi connectivity index (χ0n) is 25.6. The molecule has 10 atom stereocenters. The van der Waals surface area contributed by atoms with E-state index in [1.54, 1.807) is 74.5 Å². The molecule has 1 aliphatic heterocycles. The number of aliphatic hydroxyl groups excluding tert-OH is 2. The summed E-state index contributed by atoms with van der Waals surface area (Å²) < 4.78 is 51.8. The van der Waals surface area contributed by atoms with Gasteiger partial charge < -0.3 is 30.2 Å². The molecule has 4 aliphatic carbocycles. The topological polar surface area (TPSA) is 128 Å². The van der Waals surface area contributed by atoms with Crippen LogP contribution < -0.4 is 10.5 Å². The van der Waals surface area contributed by atoms with Crippen molar-refractivity contribution in [3.63, 3.8) is 0 Å². The van der Waals surface area contributed by atoms with E-state index in [1.165, 1.54) is 6.07 Å². The SMILES string of the molecule is C=C1C=C[C@@]2(C)C(=C1)[C@@H](F)C[C@H]1[C@@H]3C[C@H]4O[C@H](c5ccc(C(=O)Oc6cccc(N)c6)cc5)O[C@@]4(C(=O)CO)[C@@]3(C)C[C@H](O)[C@@]12F. The van der Waals surface area contributed by atoms with Crippen molar-refractivity contribution >= 4 is 17.4 Å². The van der Waals surface area contributed by atoms with Gasteiger partial charge in [0.25, 0.3) is 0 Å². The van der Waals surface area contributed by atoms with Crippen LogP contribution in [0.1, 0.15) is 55.3 Å². The van der Waals surface area contributed by atoms with Gasteiger partial charge in [0.05, 0.1) is 17.8 Å². The second-order valence-electron chi connectivity index (χ2n) is 13.7. The lowest BCUT2D eigenvalue weighted by Crippen LogP contribution is -2.70. The Kier molecular flexibility index (Phi) is 6.99. The second kappa shape index (κ2) is 10.4. The van der Waals surface area contributed by atoms with E-state index in [2.05, 4.69) is 6.58 Å². The maximum atomic E-state index is 17.6. The molecular weight excluding hydrogens is 596 g/mol. The maximum absolute atomic E-state index is 17.6. The Labute approximate surface area is 265 Å². The monoisotopic (exact) mass is 633 g/mol. The van der Waals surface area contributed by atoms with Crippen LogP contribution in [0.25, 0.3) is 0 Å². The Bertz CT molecular complexity index is 1690. The number of hydrogen-bond acceptors (Lipinski definition) is 8. The fourth-order valence-corrected chi connectivity index (χ4v) is 9.31. The van der Waals surface area contributed by atoms with E-state index >= 15 is 8.78 Å². The van der Waals surface area contributed by atoms with Gasteiger partial charge >= 0.3 is 5.97 Å². The molecule has 2 aromatic carbocycles. The summed E-state index contributed by atoms with van der Waals surface area (Å²) in [5.74, 6) is -2.50. The van der Waals surface area contributed by atoms with Crippen LogP contribution >= 0.6 is 0 Å². The number of ketones is 1. The zero-order chi connectivity index (χ0) is 32.8. The Hall–Kier alpha value is -3.70. The minimum absolute atomic E-state index is 0.160. The number of hydrogen-bond donors (Lipinski definition) is 3. The van der Waals surface area contributed by atoms with Gasteiger partial charge in [-0.25, -0.2) is 13.6 Å². The lowest BCUT2D eigenvalue weighted by Gasteiger charge is -2.63. The number of alkyl halides is 2. The summed E-state index contributed by atoms with van der Waals surface area (Å²) in [6.07, 6.45) is -0.310. The molecule has 2 aromatic rings. The van der Waals surface area contributed by atoms with Gasteiger partial charge in [-0.2, -0.15) is 0 Å². The van der Waals surface area contributed by atoms with Crippen molar-refractivity contribution in [2.75, 3.05) is 12.3 Å². The standard InChI is InChI=1S/C36H37F2NO7/c1-19-11-12-33(2)26(13-19)27(37)15-25-24-16-30-36(29(42)18-40,34(24,3)17-28(41)35(25,33)38)46-32(45-30)21-9-7-20(8-10-21)31(43)44-23-6-4-5-22(39)14-23/h4-14,24-25,27-28,30,32,40-41H,1,15-18,39H2,2-3H3/t24-,25-,27-,28-,30+,32-,33-,34-,35-,36+/m0/s1. The number of nitrogens with two attached hydrogens (primary N) is 1. The van der Waals surface area contributed by atoms with Gasteiger partial charge in [-0.05, 0) is 67.5 Å². The Morgan fingerprint density at radius 2 is 1.87 bits per heavy atom. The fourth-order valence-electron chi connectivity index (χ4n) is 9.31. The predicted octanol–water partition coefficient (Wildman–Crippen LogP) is 5.12. The molecule has 7 rings (SSSR count). The van der Waals surface area contributed by atoms with E-state index in [1.807, 2.05) is 0 Å². The van der Waals surface area contributed by atoms with Gasteiger partial charge in [0.15, 0.2) is 23.3 Å². The normalized spacial score (nSPS) is 40.7. The van der Waals surface area contributed by atoms with E-state index in [0.717, 1.165) is 0 Å². The lowest BCUT2D eigenvalue weighted by molar-refractivity contribution is -0.235. The molecule has 0 amide bonds. The molecule has 10 heteroatoms. The average Bonchev–Trinajstić information content (AvgIpc) is 3.52. The highest BCUT2D eigenvalue weighted by molar-refractivity contribution is 5.92. The third-order valence-electron chi connectivity index (χ3n) is 11.5. The quantitative estimate of drug-likeness (QED) is 0.235. The van der Waals surface area contributed by atoms with E-state index in [-0.39, 0.29) is 30.4 Å². The first kappa shape index (κ1) is 30.9. The lowest BCUT2D eigenvalue weighted by atomic mass is 9.44. The van der Waals surface area contributed by atoms with Gasteiger partial charge in [0.2, 0.25) is 0 Å². The zero-order valence-corrected chi connectivity index (χ0v) is 25.6. The number of rotatable bonds is 5. The number of esters is 1. The number of carbonyl (C=O) groups is 2. The minimum atomic E-state index is -2.22. The summed E-state index contributed by atoms with van der Waals surface area (Å²) in [5.41, 5.74) is 1.26. The molecule has 8 nitrogen and oxygen atoms in total. The predicted molar refractivity (Wildman–Crippen MR) is 164 cm³/mol. The highest BCUT2D eigenvalue weighted by Crippen LogP contribution is 2.72. The molecule has 0 radical (unpaired) electrons. The van der Waals surface area contributed by atoms with Crippen molar-refractivity contribution in [3.8, 4) is 5.75 Å². The molecule has 3 saturated carbocycles. The van der Waals surface area contributed by atoms with Gasteiger partial charge in [-0.1, -0.05) is 49.9 Å². The number of benzene rings is 2. The van der Waals surface area contributed by atoms with Gasteiger partial charge in [0.1, 0.15) is 18.5 Å². The Balaban J connectivity index is 1.19. The van der Waals surface area contributed by atoms with Crippen molar-refractivity contribution < 1.29 is 42.8 Å². The first-order valence-corrected chi connectivity index (χ1v) is 15.5. The van der Waals surface area contributed by atoms with E-state index < -0.39 is 77.0 Å². The number of nitrogen functional groups attached to an aromatic ring is 1. The number of anilines is 1. The first-order chi connectivity index (χ1) is 21.8. The highest BCUT2D eigenvalue weighted by Gasteiger charge is 2.80. The number of fused-ring (bicyclic) bond motifs is 7. The number of aliphatic hydroxyl groups is 2. The van der Waals surface area contributed by atoms with Gasteiger partial charge in [-0.3, -0.25) is 4.79 Å². The third kappa shape index (κ3) is 4.03. The van der Waals surface area contributed by atoms with E-state index in [9.17, 15) is 19.8 Å². The van der Waals surface area contributed by atoms with Crippen LogP contribution in [-0.4, -0.2) is 58.2 Å². The molecule has 1 heterocycles. The molecule has 5 aliphatic rings. The molecule has 1 saturated heterocycles. The molecule has 4 fully saturated rings. The molecule has 0 spiro atoms. The minimum Gasteiger partial charge on any atom is -0.423 e. The molecule has 4 N–H and O–H groups in total. The smallest absolute Gasteiger partial charge is 0.343 e. The largest absolute Gasteiger partial charge is 0.423 e. The molecule has 242 valence electrons. The summed E-state index contributed by atoms with van der Waals surface area (Å²) >= 11 is 0. The Morgan fingerprint density at radius 3 is 2.57 bits per heavy atom. The molecular formula is C36H37F2NO7. The van der Waals surface area contributed by atoms with E-state index in [0.29, 0.717) is 22.6 Å². The molecule has 0 aromatic heterocycles. The number of carbonyl (C=O) groups excluding carboxylic acids is 2. The van der Waals surface area contributed by atoms with Crippen LogP contribution in [0.5, 0.6) is 5.75 Å². The first-order valence-electron chi connectivity index (χ1n) is 15.5. The number of allylic oxidation sites excluding steroid dienone is 5. The molecule has 0 bridgehead atoms. The van der Waals surface area contributed by atoms with Crippen LogP contribution in [0, 0.1) is 22.7 Å². The van der Waals surface area contributed by atoms with Crippen LogP contribution in [0.4, 0.5) is 14.5 Å². The third-order valence-corrected chi connectivity index (χ3v) is 11.5. The number of Topliss-reactive ketones (excluding diaryl/α,β-unsaturated/α-hetero) is 1. The van der Waals surface area contributed by atoms with Crippen molar-refractivity contribution in [3.05, 3.63) is 95.6 Å². The molecule has 0 unspecified atom stereocenters. The highest BCUT2D eigenvalue weighted by atomic mass is 19.1. The van der Waals surface area contributed by atoms with Gasteiger partial charge in [-0.15, -0.1) is 0 Å². The van der Waals surface area contributed by atoms with Crippen molar-refractivity contribution in [2.24, 2.45) is 22.7 Å². The van der Waals surface area contributed by atoms with Crippen LogP contribution in [0.15, 0.2) is 84.5 Å². The van der Waals surface area contributed by atoms with Crippen molar-refractivity contribution in [1.29, 1.82) is 0 Å². The summed E-state index contributed by atoms with van der Waals surface area (Å²) in [4.78, 5) is 26.5. The molecule has 46 heavy (non-hydrogen) atoms. The summed E-state index contributed by atoms with van der Waals surface area (Å²) in [6, 6.07) is 12.8. The number of ether oxygens (including phenoxy) is 3. The second-order valence-corrected chi connectivity index (χ2v) is 13.7. The van der Waals surface area contributed by atoms with Crippen LogP contribution in [0.2, 0.25) is 0 Å². The average molecular weight is 634 g/mol.